The molecule has 0 aliphatic rings. The van der Waals surface area contributed by atoms with Gasteiger partial charge in [0, 0.05) is 14.7 Å². The van der Waals surface area contributed by atoms with Crippen LogP contribution < -0.4 is 0 Å². The zero-order chi connectivity index (χ0) is 13.1. The Morgan fingerprint density at radius 2 is 2.33 bits per heavy atom. The second kappa shape index (κ2) is 5.62. The third-order valence-corrected chi connectivity index (χ3v) is 4.01. The van der Waals surface area contributed by atoms with Gasteiger partial charge in [-0.25, -0.2) is 4.79 Å². The molecule has 0 aliphatic carbocycles. The summed E-state index contributed by atoms with van der Waals surface area (Å²) in [4.78, 5) is 12.8. The normalized spacial score (nSPS) is 10.6. The minimum absolute atomic E-state index is 0.249. The number of carbonyl (C=O) groups is 1. The first-order valence-electron chi connectivity index (χ1n) is 5.41. The van der Waals surface area contributed by atoms with E-state index in [4.69, 9.17) is 4.74 Å². The van der Waals surface area contributed by atoms with Gasteiger partial charge < -0.3 is 9.30 Å². The van der Waals surface area contributed by atoms with Gasteiger partial charge in [0.05, 0.1) is 13.2 Å². The smallest absolute Gasteiger partial charge is 0.376 e. The van der Waals surface area contributed by atoms with Crippen molar-refractivity contribution in [1.29, 1.82) is 0 Å². The van der Waals surface area contributed by atoms with Crippen LogP contribution in [-0.4, -0.2) is 27.3 Å². The fourth-order valence-electron chi connectivity index (χ4n) is 1.51. The Morgan fingerprint density at radius 1 is 1.56 bits per heavy atom. The number of thiophene rings is 1. The second-order valence-electron chi connectivity index (χ2n) is 3.61. The molecule has 2 aromatic heterocycles. The van der Waals surface area contributed by atoms with E-state index in [2.05, 4.69) is 26.1 Å². The summed E-state index contributed by atoms with van der Waals surface area (Å²) in [5.41, 5.74) is 0. The predicted molar refractivity (Wildman–Crippen MR) is 71.8 cm³/mol. The maximum absolute atomic E-state index is 11.7. The molecule has 2 rings (SSSR count). The molecule has 18 heavy (non-hydrogen) atoms. The van der Waals surface area contributed by atoms with Crippen LogP contribution in [0.15, 0.2) is 15.9 Å². The molecule has 0 amide bonds. The highest BCUT2D eigenvalue weighted by molar-refractivity contribution is 9.10. The van der Waals surface area contributed by atoms with Gasteiger partial charge in [-0.05, 0) is 35.8 Å². The molecular formula is C11H12BrN3O2S. The van der Waals surface area contributed by atoms with Crippen molar-refractivity contribution in [2.24, 2.45) is 0 Å². The first-order chi connectivity index (χ1) is 8.61. The van der Waals surface area contributed by atoms with Crippen LogP contribution in [0, 0.1) is 6.92 Å². The van der Waals surface area contributed by atoms with Crippen molar-refractivity contribution in [3.8, 4) is 0 Å². The Bertz CT molecular complexity index is 564. The van der Waals surface area contributed by atoms with Gasteiger partial charge in [0.1, 0.15) is 5.82 Å². The number of carbonyl (C=O) groups excluding carboxylic acids is 1. The van der Waals surface area contributed by atoms with Gasteiger partial charge in [0.15, 0.2) is 0 Å². The first kappa shape index (κ1) is 13.2. The van der Waals surface area contributed by atoms with Gasteiger partial charge in [-0.2, -0.15) is 0 Å². The number of nitrogens with zero attached hydrogens (tertiary/aromatic N) is 3. The monoisotopic (exact) mass is 329 g/mol. The zero-order valence-corrected chi connectivity index (χ0v) is 12.4. The number of hydrogen-bond donors (Lipinski definition) is 0. The number of rotatable bonds is 4. The molecule has 7 heteroatoms. The first-order valence-corrected chi connectivity index (χ1v) is 7.09. The van der Waals surface area contributed by atoms with E-state index in [-0.39, 0.29) is 5.82 Å². The number of aryl methyl sites for hydroxylation is 1. The van der Waals surface area contributed by atoms with E-state index in [1.807, 2.05) is 18.4 Å². The fourth-order valence-corrected chi connectivity index (χ4v) is 2.95. The van der Waals surface area contributed by atoms with Gasteiger partial charge in [-0.1, -0.05) is 0 Å². The van der Waals surface area contributed by atoms with Gasteiger partial charge in [-0.15, -0.1) is 21.5 Å². The highest BCUT2D eigenvalue weighted by atomic mass is 79.9. The Balaban J connectivity index is 2.26. The molecule has 2 heterocycles. The summed E-state index contributed by atoms with van der Waals surface area (Å²) in [6.45, 7) is 4.48. The fraction of sp³-hybridized carbons (Fsp3) is 0.364. The third-order valence-electron chi connectivity index (χ3n) is 2.33. The van der Waals surface area contributed by atoms with Gasteiger partial charge >= 0.3 is 5.97 Å². The summed E-state index contributed by atoms with van der Waals surface area (Å²) in [5, 5.41) is 9.80. The molecule has 0 aliphatic heterocycles. The van der Waals surface area contributed by atoms with Crippen molar-refractivity contribution in [2.75, 3.05) is 6.61 Å². The van der Waals surface area contributed by atoms with Crippen LogP contribution in [0.4, 0.5) is 0 Å². The zero-order valence-electron chi connectivity index (χ0n) is 10.0. The molecule has 0 atom stereocenters. The van der Waals surface area contributed by atoms with E-state index < -0.39 is 5.97 Å². The predicted octanol–water partition coefficient (Wildman–Crippen LogP) is 2.64. The lowest BCUT2D eigenvalue weighted by atomic mass is 10.4. The van der Waals surface area contributed by atoms with Crippen molar-refractivity contribution < 1.29 is 9.53 Å². The van der Waals surface area contributed by atoms with E-state index in [1.54, 1.807) is 22.8 Å². The third kappa shape index (κ3) is 2.78. The molecule has 0 radical (unpaired) electrons. The lowest BCUT2D eigenvalue weighted by Gasteiger charge is -2.06. The molecule has 0 saturated heterocycles. The van der Waals surface area contributed by atoms with Crippen molar-refractivity contribution in [3.05, 3.63) is 32.4 Å². The number of aromatic nitrogens is 3. The van der Waals surface area contributed by atoms with Crippen molar-refractivity contribution in [3.63, 3.8) is 0 Å². The molecule has 0 spiro atoms. The summed E-state index contributed by atoms with van der Waals surface area (Å²) in [5.74, 6) is 0.509. The van der Waals surface area contributed by atoms with E-state index in [0.29, 0.717) is 19.0 Å². The number of ether oxygens (including phenoxy) is 1. The molecule has 5 nitrogen and oxygen atoms in total. The average Bonchev–Trinajstić information content (AvgIpc) is 2.88. The van der Waals surface area contributed by atoms with Gasteiger partial charge in [0.25, 0.3) is 0 Å². The molecule has 0 aromatic carbocycles. The molecular weight excluding hydrogens is 318 g/mol. The van der Waals surface area contributed by atoms with Crippen LogP contribution >= 0.6 is 27.3 Å². The molecule has 0 saturated carbocycles. The molecule has 2 aromatic rings. The summed E-state index contributed by atoms with van der Waals surface area (Å²) in [6, 6.07) is 2.01. The van der Waals surface area contributed by atoms with E-state index in [1.165, 1.54) is 0 Å². The largest absolute Gasteiger partial charge is 0.460 e. The quantitative estimate of drug-likeness (QED) is 0.809. The Hall–Kier alpha value is -1.21. The van der Waals surface area contributed by atoms with Gasteiger partial charge in [0.2, 0.25) is 5.82 Å². The van der Waals surface area contributed by atoms with Crippen molar-refractivity contribution >= 4 is 33.2 Å². The summed E-state index contributed by atoms with van der Waals surface area (Å²) in [6.07, 6.45) is 0. The highest BCUT2D eigenvalue weighted by Gasteiger charge is 2.18. The van der Waals surface area contributed by atoms with Crippen LogP contribution in [-0.2, 0) is 11.3 Å². The standard InChI is InChI=1S/C11H12BrN3O2S/c1-3-17-11(16)10-14-13-7(2)15(10)5-9-4-8(12)6-18-9/h4,6H,3,5H2,1-2H3. The van der Waals surface area contributed by atoms with Crippen LogP contribution in [0.25, 0.3) is 0 Å². The second-order valence-corrected chi connectivity index (χ2v) is 5.52. The molecule has 0 fully saturated rings. The topological polar surface area (TPSA) is 57.0 Å². The van der Waals surface area contributed by atoms with Crippen LogP contribution in [0.3, 0.4) is 0 Å². The van der Waals surface area contributed by atoms with Crippen LogP contribution in [0.2, 0.25) is 0 Å². The molecule has 96 valence electrons. The Morgan fingerprint density at radius 3 is 2.94 bits per heavy atom. The lowest BCUT2D eigenvalue weighted by Crippen LogP contribution is -2.14. The highest BCUT2D eigenvalue weighted by Crippen LogP contribution is 2.21. The molecule has 0 bridgehead atoms. The van der Waals surface area contributed by atoms with Crippen molar-refractivity contribution in [2.45, 2.75) is 20.4 Å². The maximum Gasteiger partial charge on any atom is 0.376 e. The number of hydrogen-bond acceptors (Lipinski definition) is 5. The summed E-state index contributed by atoms with van der Waals surface area (Å²) in [7, 11) is 0. The van der Waals surface area contributed by atoms with Crippen LogP contribution in [0.1, 0.15) is 28.2 Å². The number of halogens is 1. The SMILES string of the molecule is CCOC(=O)c1nnc(C)n1Cc1cc(Br)cs1. The molecule has 0 unspecified atom stereocenters. The average molecular weight is 330 g/mol. The van der Waals surface area contributed by atoms with E-state index >= 15 is 0 Å². The minimum atomic E-state index is -0.436. The van der Waals surface area contributed by atoms with Gasteiger partial charge in [-0.3, -0.25) is 0 Å². The van der Waals surface area contributed by atoms with Crippen LogP contribution in [0.5, 0.6) is 0 Å². The molecule has 0 N–H and O–H groups in total. The maximum atomic E-state index is 11.7. The summed E-state index contributed by atoms with van der Waals surface area (Å²) < 4.78 is 7.75. The number of esters is 1. The van der Waals surface area contributed by atoms with E-state index in [0.717, 1.165) is 9.35 Å². The Kier molecular flexibility index (Phi) is 4.13. The lowest BCUT2D eigenvalue weighted by molar-refractivity contribution is 0.0506. The minimum Gasteiger partial charge on any atom is -0.460 e. The Labute approximate surface area is 117 Å². The van der Waals surface area contributed by atoms with E-state index in [9.17, 15) is 4.79 Å². The summed E-state index contributed by atoms with van der Waals surface area (Å²) >= 11 is 5.02. The van der Waals surface area contributed by atoms with Crippen molar-refractivity contribution in [1.82, 2.24) is 14.8 Å².